The van der Waals surface area contributed by atoms with Crippen LogP contribution in [0, 0.1) is 6.07 Å². The van der Waals surface area contributed by atoms with Crippen molar-refractivity contribution in [3.8, 4) is 11.3 Å². The fourth-order valence-corrected chi connectivity index (χ4v) is 7.20. The number of hydrogen-bond donors (Lipinski definition) is 0. The second kappa shape index (κ2) is 8.23. The Balaban J connectivity index is 0.00000280. The standard InChI is InChI=1S/C35H36N.Ir/c1-32(2)23-13-9-10-14-24(23)34(5,6)29-21-22(17-18-27(29)32)31-30-28(19-20-36-31)33(3,4)25-15-11-12-16-26(25)35(30,7)8;/h9-16,18-21H,1-8H3;/q-1;. The van der Waals surface area contributed by atoms with Gasteiger partial charge >= 0.3 is 0 Å². The molecular formula is C35H36IrN-. The maximum Gasteiger partial charge on any atom is 0.0164 e. The van der Waals surface area contributed by atoms with E-state index in [1.165, 1.54) is 44.5 Å². The average molecular weight is 663 g/mol. The summed E-state index contributed by atoms with van der Waals surface area (Å²) in [6, 6.07) is 28.5. The second-order valence-corrected chi connectivity index (χ2v) is 12.8. The number of rotatable bonds is 1. The third-order valence-electron chi connectivity index (χ3n) is 9.35. The maximum atomic E-state index is 5.04. The molecule has 191 valence electrons. The van der Waals surface area contributed by atoms with Gasteiger partial charge in [-0.3, -0.25) is 0 Å². The van der Waals surface area contributed by atoms with E-state index in [-0.39, 0.29) is 41.8 Å². The van der Waals surface area contributed by atoms with Crippen molar-refractivity contribution in [1.29, 1.82) is 0 Å². The van der Waals surface area contributed by atoms with Gasteiger partial charge in [0, 0.05) is 37.1 Å². The van der Waals surface area contributed by atoms with Crippen LogP contribution in [0.15, 0.2) is 72.9 Å². The van der Waals surface area contributed by atoms with Crippen LogP contribution in [-0.2, 0) is 41.8 Å². The Labute approximate surface area is 236 Å². The number of benzene rings is 3. The molecule has 1 aromatic heterocycles. The summed E-state index contributed by atoms with van der Waals surface area (Å²) in [7, 11) is 0. The van der Waals surface area contributed by atoms with Crippen LogP contribution in [0.4, 0.5) is 0 Å². The largest absolute Gasteiger partial charge is 0.304 e. The van der Waals surface area contributed by atoms with Gasteiger partial charge < -0.3 is 4.98 Å². The van der Waals surface area contributed by atoms with Crippen LogP contribution in [0.1, 0.15) is 99.9 Å². The average Bonchev–Trinajstić information content (AvgIpc) is 2.86. The fourth-order valence-electron chi connectivity index (χ4n) is 7.20. The third-order valence-corrected chi connectivity index (χ3v) is 9.35. The summed E-state index contributed by atoms with van der Waals surface area (Å²) < 4.78 is 0. The predicted octanol–water partition coefficient (Wildman–Crippen LogP) is 8.48. The normalized spacial score (nSPS) is 18.9. The summed E-state index contributed by atoms with van der Waals surface area (Å²) >= 11 is 0. The van der Waals surface area contributed by atoms with E-state index in [4.69, 9.17) is 4.98 Å². The zero-order chi connectivity index (χ0) is 25.7. The van der Waals surface area contributed by atoms with Crippen LogP contribution >= 0.6 is 0 Å². The van der Waals surface area contributed by atoms with Crippen LogP contribution in [-0.4, -0.2) is 4.98 Å². The molecule has 1 heterocycles. The minimum absolute atomic E-state index is 0. The minimum atomic E-state index is -0.157. The summed E-state index contributed by atoms with van der Waals surface area (Å²) in [5.74, 6) is 0. The van der Waals surface area contributed by atoms with Crippen LogP contribution in [0.25, 0.3) is 11.3 Å². The van der Waals surface area contributed by atoms with Crippen molar-refractivity contribution in [3.63, 3.8) is 0 Å². The molecule has 0 amide bonds. The van der Waals surface area contributed by atoms with E-state index < -0.39 is 0 Å². The Morgan fingerprint density at radius 2 is 1.00 bits per heavy atom. The smallest absolute Gasteiger partial charge is 0.0164 e. The Bertz CT molecular complexity index is 1540. The summed E-state index contributed by atoms with van der Waals surface area (Å²) in [5.41, 5.74) is 12.8. The van der Waals surface area contributed by atoms with Gasteiger partial charge in [0.15, 0.2) is 0 Å². The topological polar surface area (TPSA) is 12.9 Å². The Hall–Kier alpha value is -2.54. The molecule has 0 atom stereocenters. The molecule has 0 bridgehead atoms. The van der Waals surface area contributed by atoms with Gasteiger partial charge in [0.25, 0.3) is 0 Å². The first kappa shape index (κ1) is 26.1. The van der Waals surface area contributed by atoms with Gasteiger partial charge in [-0.1, -0.05) is 104 Å². The molecule has 0 saturated carbocycles. The number of pyridine rings is 1. The van der Waals surface area contributed by atoms with Gasteiger partial charge in [-0.05, 0) is 56.0 Å². The molecule has 0 unspecified atom stereocenters. The quantitative estimate of drug-likeness (QED) is 0.187. The SMILES string of the molecule is CC1(C)c2c[c-]c(-c3nccc4c3C(C)(C)c3ccccc3C4(C)C)cc2C(C)(C)c2ccccc21.[Ir]. The molecule has 4 aromatic rings. The van der Waals surface area contributed by atoms with Gasteiger partial charge in [-0.2, -0.15) is 0 Å². The fraction of sp³-hybridized carbons (Fsp3) is 0.343. The summed E-state index contributed by atoms with van der Waals surface area (Å²) in [6.07, 6.45) is 2.00. The Morgan fingerprint density at radius 1 is 0.541 bits per heavy atom. The number of nitrogens with zero attached hydrogens (tertiary/aromatic N) is 1. The molecule has 1 nitrogen and oxygen atoms in total. The van der Waals surface area contributed by atoms with E-state index in [1.807, 2.05) is 6.20 Å². The second-order valence-electron chi connectivity index (χ2n) is 12.8. The molecule has 0 aliphatic heterocycles. The summed E-state index contributed by atoms with van der Waals surface area (Å²) in [5, 5.41) is 0. The Kier molecular flexibility index (Phi) is 5.80. The van der Waals surface area contributed by atoms with Crippen LogP contribution in [0.5, 0.6) is 0 Å². The number of hydrogen-bond acceptors (Lipinski definition) is 1. The molecule has 0 saturated heterocycles. The van der Waals surface area contributed by atoms with E-state index in [1.54, 1.807) is 0 Å². The van der Waals surface area contributed by atoms with Crippen LogP contribution < -0.4 is 0 Å². The predicted molar refractivity (Wildman–Crippen MR) is 150 cm³/mol. The number of aromatic nitrogens is 1. The molecule has 0 N–H and O–H groups in total. The summed E-state index contributed by atoms with van der Waals surface area (Å²) in [6.45, 7) is 18.8. The first-order valence-electron chi connectivity index (χ1n) is 13.2. The van der Waals surface area contributed by atoms with E-state index >= 15 is 0 Å². The van der Waals surface area contributed by atoms with Crippen LogP contribution in [0.3, 0.4) is 0 Å². The minimum Gasteiger partial charge on any atom is -0.304 e. The van der Waals surface area contributed by atoms with Crippen molar-refractivity contribution in [2.24, 2.45) is 0 Å². The molecule has 2 heteroatoms. The van der Waals surface area contributed by atoms with Crippen molar-refractivity contribution in [2.45, 2.75) is 77.0 Å². The third kappa shape index (κ3) is 3.42. The van der Waals surface area contributed by atoms with Crippen molar-refractivity contribution in [3.05, 3.63) is 124 Å². The molecule has 37 heavy (non-hydrogen) atoms. The van der Waals surface area contributed by atoms with E-state index in [2.05, 4.69) is 128 Å². The first-order valence-corrected chi connectivity index (χ1v) is 13.2. The zero-order valence-electron chi connectivity index (χ0n) is 23.2. The van der Waals surface area contributed by atoms with Gasteiger partial charge in [0.1, 0.15) is 0 Å². The van der Waals surface area contributed by atoms with Gasteiger partial charge in [-0.15, -0.1) is 34.9 Å². The van der Waals surface area contributed by atoms with E-state index in [9.17, 15) is 0 Å². The molecule has 6 rings (SSSR count). The van der Waals surface area contributed by atoms with Crippen molar-refractivity contribution in [2.75, 3.05) is 0 Å². The van der Waals surface area contributed by atoms with E-state index in [0.717, 1.165) is 11.3 Å². The Morgan fingerprint density at radius 3 is 1.54 bits per heavy atom. The molecule has 3 aromatic carbocycles. The monoisotopic (exact) mass is 663 g/mol. The molecular weight excluding hydrogens is 627 g/mol. The molecule has 2 aliphatic rings. The summed E-state index contributed by atoms with van der Waals surface area (Å²) in [4.78, 5) is 5.04. The van der Waals surface area contributed by atoms with Gasteiger partial charge in [0.05, 0.1) is 0 Å². The zero-order valence-corrected chi connectivity index (χ0v) is 25.6. The molecule has 2 aliphatic carbocycles. The molecule has 0 spiro atoms. The van der Waals surface area contributed by atoms with Crippen LogP contribution in [0.2, 0.25) is 0 Å². The van der Waals surface area contributed by atoms with Crippen molar-refractivity contribution in [1.82, 2.24) is 4.98 Å². The van der Waals surface area contributed by atoms with E-state index in [0.29, 0.717) is 0 Å². The first-order chi connectivity index (χ1) is 16.9. The number of fused-ring (bicyclic) bond motifs is 4. The van der Waals surface area contributed by atoms with Gasteiger partial charge in [-0.25, -0.2) is 0 Å². The molecule has 0 fully saturated rings. The van der Waals surface area contributed by atoms with Crippen molar-refractivity contribution < 1.29 is 20.1 Å². The van der Waals surface area contributed by atoms with Crippen molar-refractivity contribution >= 4 is 0 Å². The van der Waals surface area contributed by atoms with Gasteiger partial charge in [0.2, 0.25) is 0 Å². The maximum absolute atomic E-state index is 5.04. The molecule has 1 radical (unpaired) electrons.